The smallest absolute Gasteiger partial charge is 0.265 e. The second-order valence-corrected chi connectivity index (χ2v) is 7.44. The van der Waals surface area contributed by atoms with E-state index in [1.54, 1.807) is 7.11 Å². The Morgan fingerprint density at radius 1 is 1.43 bits per heavy atom. The van der Waals surface area contributed by atoms with Gasteiger partial charge in [-0.3, -0.25) is 4.55 Å². The van der Waals surface area contributed by atoms with E-state index < -0.39 is 10.1 Å². The molecule has 0 spiro atoms. The summed E-state index contributed by atoms with van der Waals surface area (Å²) in [6.45, 7) is 4.12. The Morgan fingerprint density at radius 3 is 2.57 bits per heavy atom. The van der Waals surface area contributed by atoms with Crippen molar-refractivity contribution in [3.05, 3.63) is 23.8 Å². The van der Waals surface area contributed by atoms with Crippen LogP contribution in [0.25, 0.3) is 0 Å². The molecule has 0 saturated heterocycles. The van der Waals surface area contributed by atoms with E-state index in [1.165, 1.54) is 0 Å². The van der Waals surface area contributed by atoms with Gasteiger partial charge in [-0.05, 0) is 31.9 Å². The van der Waals surface area contributed by atoms with Gasteiger partial charge in [0.05, 0.1) is 12.9 Å². The molecule has 7 heteroatoms. The third-order valence-electron chi connectivity index (χ3n) is 4.10. The Morgan fingerprint density at radius 2 is 2.05 bits per heavy atom. The minimum atomic E-state index is -4.00. The molecule has 21 heavy (non-hydrogen) atoms. The zero-order valence-corrected chi connectivity index (χ0v) is 14.3. The average molecular weight is 336 g/mol. The maximum atomic E-state index is 11.2. The number of hydrogen-bond acceptors (Lipinski definition) is 4. The molecule has 0 saturated carbocycles. The van der Waals surface area contributed by atoms with E-state index in [9.17, 15) is 8.42 Å². The number of fused-ring (bicyclic) bond motifs is 1. The zero-order valence-electron chi connectivity index (χ0n) is 12.7. The highest BCUT2D eigenvalue weighted by Gasteiger charge is 2.37. The fraction of sp³-hybridized carbons (Fsp3) is 0.571. The molecule has 0 aromatic heterocycles. The third-order valence-corrected chi connectivity index (χ3v) is 4.93. The molecule has 0 radical (unpaired) electrons. The number of methoxy groups -OCH3 is 1. The molecule has 0 fully saturated rings. The molecule has 1 heterocycles. The molecule has 120 valence electrons. The molecule has 2 rings (SSSR count). The molecule has 0 bridgehead atoms. The van der Waals surface area contributed by atoms with Crippen molar-refractivity contribution in [2.24, 2.45) is 0 Å². The minimum Gasteiger partial charge on any atom is -0.497 e. The van der Waals surface area contributed by atoms with Gasteiger partial charge in [0.25, 0.3) is 10.1 Å². The van der Waals surface area contributed by atoms with E-state index in [4.69, 9.17) is 9.29 Å². The maximum Gasteiger partial charge on any atom is 0.265 e. The summed E-state index contributed by atoms with van der Waals surface area (Å²) in [5.74, 6) is 0.278. The molecule has 1 aromatic carbocycles. The molecule has 1 atom stereocenters. The fourth-order valence-corrected chi connectivity index (χ4v) is 3.67. The van der Waals surface area contributed by atoms with Crippen LogP contribution in [0.1, 0.15) is 31.7 Å². The lowest BCUT2D eigenvalue weighted by atomic mass is 9.80. The van der Waals surface area contributed by atoms with Crippen molar-refractivity contribution < 1.29 is 17.7 Å². The first kappa shape index (κ1) is 18.1. The fourth-order valence-electron chi connectivity index (χ4n) is 2.87. The standard InChI is InChI=1S/C14H21NO4S.ClH/c1-14(2)8-10(9-20(16,17)18)12-6-5-11(19-4)7-13(12)15(14)3;/h5-7,10H,8-9H2,1-4H3,(H,16,17,18);1H. The highest BCUT2D eigenvalue weighted by Crippen LogP contribution is 2.44. The van der Waals surface area contributed by atoms with Gasteiger partial charge in [-0.1, -0.05) is 6.07 Å². The Hall–Kier alpha value is -0.980. The van der Waals surface area contributed by atoms with Gasteiger partial charge >= 0.3 is 0 Å². The Kier molecular flexibility index (Phi) is 5.18. The summed E-state index contributed by atoms with van der Waals surface area (Å²) in [7, 11) is -0.409. The van der Waals surface area contributed by atoms with Crippen LogP contribution in [0.2, 0.25) is 0 Å². The number of nitrogens with zero attached hydrogens (tertiary/aromatic N) is 1. The van der Waals surface area contributed by atoms with Crippen LogP contribution < -0.4 is 9.64 Å². The summed E-state index contributed by atoms with van der Waals surface area (Å²) in [6, 6.07) is 5.62. The van der Waals surface area contributed by atoms with Gasteiger partial charge in [-0.2, -0.15) is 8.42 Å². The quantitative estimate of drug-likeness (QED) is 0.860. The predicted octanol–water partition coefficient (Wildman–Crippen LogP) is 2.71. The van der Waals surface area contributed by atoms with E-state index in [2.05, 4.69) is 18.7 Å². The maximum absolute atomic E-state index is 11.2. The molecule has 1 unspecified atom stereocenters. The highest BCUT2D eigenvalue weighted by molar-refractivity contribution is 7.85. The topological polar surface area (TPSA) is 66.8 Å². The zero-order chi connectivity index (χ0) is 15.1. The van der Waals surface area contributed by atoms with E-state index in [1.807, 2.05) is 25.2 Å². The first-order valence-electron chi connectivity index (χ1n) is 6.51. The number of ether oxygens (including phenoxy) is 1. The minimum absolute atomic E-state index is 0. The van der Waals surface area contributed by atoms with E-state index in [0.717, 1.165) is 17.0 Å². The van der Waals surface area contributed by atoms with Gasteiger partial charge in [0.2, 0.25) is 0 Å². The first-order valence-corrected chi connectivity index (χ1v) is 8.12. The average Bonchev–Trinajstić information content (AvgIpc) is 2.33. The second-order valence-electron chi connectivity index (χ2n) is 5.95. The number of rotatable bonds is 3. The summed E-state index contributed by atoms with van der Waals surface area (Å²) >= 11 is 0. The van der Waals surface area contributed by atoms with Crippen molar-refractivity contribution in [2.75, 3.05) is 24.8 Å². The van der Waals surface area contributed by atoms with Crippen LogP contribution in [0.15, 0.2) is 18.2 Å². The van der Waals surface area contributed by atoms with Crippen LogP contribution >= 0.6 is 12.4 Å². The van der Waals surface area contributed by atoms with Crippen molar-refractivity contribution in [1.82, 2.24) is 0 Å². The van der Waals surface area contributed by atoms with Gasteiger partial charge in [-0.15, -0.1) is 12.4 Å². The molecule has 1 aliphatic rings. The lowest BCUT2D eigenvalue weighted by Crippen LogP contribution is -2.47. The summed E-state index contributed by atoms with van der Waals surface area (Å²) in [6.07, 6.45) is 0.669. The van der Waals surface area contributed by atoms with Crippen molar-refractivity contribution >= 4 is 28.2 Å². The van der Waals surface area contributed by atoms with Crippen molar-refractivity contribution in [3.8, 4) is 5.75 Å². The number of benzene rings is 1. The van der Waals surface area contributed by atoms with Crippen molar-refractivity contribution in [1.29, 1.82) is 0 Å². The van der Waals surface area contributed by atoms with Crippen LogP contribution in [-0.2, 0) is 10.1 Å². The predicted molar refractivity (Wildman–Crippen MR) is 86.5 cm³/mol. The van der Waals surface area contributed by atoms with Crippen molar-refractivity contribution in [3.63, 3.8) is 0 Å². The van der Waals surface area contributed by atoms with E-state index in [-0.39, 0.29) is 29.6 Å². The summed E-state index contributed by atoms with van der Waals surface area (Å²) in [4.78, 5) is 2.13. The Labute approximate surface area is 132 Å². The monoisotopic (exact) mass is 335 g/mol. The number of anilines is 1. The molecule has 5 nitrogen and oxygen atoms in total. The molecule has 0 amide bonds. The Balaban J connectivity index is 0.00000220. The van der Waals surface area contributed by atoms with Crippen molar-refractivity contribution in [2.45, 2.75) is 31.7 Å². The van der Waals surface area contributed by atoms with Crippen LogP contribution in [0, 0.1) is 0 Å². The molecular weight excluding hydrogens is 314 g/mol. The van der Waals surface area contributed by atoms with Crippen LogP contribution in [0.4, 0.5) is 5.69 Å². The SMILES string of the molecule is COc1ccc2c(c1)N(C)C(C)(C)CC2CS(=O)(=O)O.Cl. The summed E-state index contributed by atoms with van der Waals surface area (Å²) in [5.41, 5.74) is 1.70. The summed E-state index contributed by atoms with van der Waals surface area (Å²) in [5, 5.41) is 0. The van der Waals surface area contributed by atoms with Crippen LogP contribution in [0.5, 0.6) is 5.75 Å². The first-order chi connectivity index (χ1) is 9.14. The van der Waals surface area contributed by atoms with Gasteiger partial charge in [0, 0.05) is 30.3 Å². The third kappa shape index (κ3) is 3.81. The number of halogens is 1. The lowest BCUT2D eigenvalue weighted by Gasteiger charge is -2.46. The van der Waals surface area contributed by atoms with Gasteiger partial charge in [-0.25, -0.2) is 0 Å². The Bertz CT molecular complexity index is 615. The normalized spacial score (nSPS) is 20.4. The molecule has 0 aliphatic carbocycles. The second kappa shape index (κ2) is 6.02. The largest absolute Gasteiger partial charge is 0.497 e. The molecular formula is C14H22ClNO4S. The summed E-state index contributed by atoms with van der Waals surface area (Å²) < 4.78 is 36.9. The van der Waals surface area contributed by atoms with Crippen LogP contribution in [0.3, 0.4) is 0 Å². The van der Waals surface area contributed by atoms with E-state index >= 15 is 0 Å². The van der Waals surface area contributed by atoms with Crippen LogP contribution in [-0.4, -0.2) is 38.4 Å². The molecule has 1 aliphatic heterocycles. The van der Waals surface area contributed by atoms with Gasteiger partial charge < -0.3 is 9.64 Å². The molecule has 1 aromatic rings. The van der Waals surface area contributed by atoms with Gasteiger partial charge in [0.1, 0.15) is 5.75 Å². The lowest BCUT2D eigenvalue weighted by molar-refractivity contribution is 0.384. The molecule has 1 N–H and O–H groups in total. The number of hydrogen-bond donors (Lipinski definition) is 1. The van der Waals surface area contributed by atoms with E-state index in [0.29, 0.717) is 6.42 Å². The highest BCUT2D eigenvalue weighted by atomic mass is 35.5. The van der Waals surface area contributed by atoms with Gasteiger partial charge in [0.15, 0.2) is 0 Å².